The van der Waals surface area contributed by atoms with E-state index in [4.69, 9.17) is 4.74 Å². The maximum atomic E-state index is 11.3. The molecule has 0 aromatic heterocycles. The smallest absolute Gasteiger partial charge is 0.311 e. The number of hydrogen-bond acceptors (Lipinski definition) is 3. The molecule has 0 amide bonds. The average Bonchev–Trinajstić information content (AvgIpc) is 2.59. The lowest BCUT2D eigenvalue weighted by Gasteiger charge is -2.11. The van der Waals surface area contributed by atoms with Crippen molar-refractivity contribution in [3.05, 3.63) is 25.3 Å². The Balaban J connectivity index is 2.67. The van der Waals surface area contributed by atoms with Crippen molar-refractivity contribution in [1.29, 1.82) is 0 Å². The highest BCUT2D eigenvalue weighted by molar-refractivity contribution is 5.73. The van der Waals surface area contributed by atoms with Gasteiger partial charge in [-0.3, -0.25) is 4.79 Å². The van der Waals surface area contributed by atoms with Crippen LogP contribution in [-0.2, 0) is 14.3 Å². The van der Waals surface area contributed by atoms with Crippen LogP contribution in [0, 0.1) is 5.92 Å². The Bertz CT molecular complexity index is 222. The van der Waals surface area contributed by atoms with Gasteiger partial charge >= 0.3 is 5.97 Å². The van der Waals surface area contributed by atoms with Crippen molar-refractivity contribution < 1.29 is 14.3 Å². The van der Waals surface area contributed by atoms with Crippen molar-refractivity contribution in [1.82, 2.24) is 0 Å². The number of carbonyl (C=O) groups excluding carboxylic acids is 1. The summed E-state index contributed by atoms with van der Waals surface area (Å²) < 4.78 is 10.1. The van der Waals surface area contributed by atoms with Gasteiger partial charge in [-0.15, -0.1) is 13.2 Å². The molecular weight excluding hydrogens is 168 g/mol. The zero-order valence-corrected chi connectivity index (χ0v) is 7.73. The minimum Gasteiger partial charge on any atom is -0.469 e. The first-order chi connectivity index (χ1) is 6.22. The molecule has 0 saturated carbocycles. The molecule has 1 aliphatic rings. The van der Waals surface area contributed by atoms with Gasteiger partial charge in [0.1, 0.15) is 0 Å². The molecule has 0 aromatic rings. The fourth-order valence-electron chi connectivity index (χ4n) is 1.49. The van der Waals surface area contributed by atoms with E-state index < -0.39 is 0 Å². The van der Waals surface area contributed by atoms with Gasteiger partial charge in [-0.05, 0) is 6.42 Å². The molecule has 3 heteroatoms. The van der Waals surface area contributed by atoms with Crippen LogP contribution in [0.3, 0.4) is 0 Å². The van der Waals surface area contributed by atoms with Gasteiger partial charge in [-0.2, -0.15) is 0 Å². The highest BCUT2D eigenvalue weighted by atomic mass is 16.5. The average molecular weight is 182 g/mol. The Hall–Kier alpha value is -1.09. The molecule has 1 aliphatic heterocycles. The van der Waals surface area contributed by atoms with E-state index in [1.807, 2.05) is 0 Å². The summed E-state index contributed by atoms with van der Waals surface area (Å²) in [4.78, 5) is 11.3. The lowest BCUT2D eigenvalue weighted by Crippen LogP contribution is -2.23. The topological polar surface area (TPSA) is 35.5 Å². The van der Waals surface area contributed by atoms with Crippen molar-refractivity contribution in [2.45, 2.75) is 18.6 Å². The van der Waals surface area contributed by atoms with Crippen LogP contribution in [0.15, 0.2) is 25.3 Å². The van der Waals surface area contributed by atoms with Crippen molar-refractivity contribution >= 4 is 5.97 Å². The van der Waals surface area contributed by atoms with Gasteiger partial charge in [0, 0.05) is 0 Å². The second-order valence-electron chi connectivity index (χ2n) is 2.98. The summed E-state index contributed by atoms with van der Waals surface area (Å²) in [7, 11) is 1.38. The van der Waals surface area contributed by atoms with Crippen LogP contribution in [0.1, 0.15) is 6.42 Å². The number of hydrogen-bond donors (Lipinski definition) is 0. The van der Waals surface area contributed by atoms with Crippen LogP contribution in [-0.4, -0.2) is 25.3 Å². The van der Waals surface area contributed by atoms with Gasteiger partial charge in [0.2, 0.25) is 0 Å². The third kappa shape index (κ3) is 1.98. The van der Waals surface area contributed by atoms with Gasteiger partial charge in [0.05, 0.1) is 25.2 Å². The lowest BCUT2D eigenvalue weighted by atomic mass is 9.99. The molecule has 0 N–H and O–H groups in total. The summed E-state index contributed by atoms with van der Waals surface area (Å²) in [5.74, 6) is -0.472. The molecule has 1 rings (SSSR count). The van der Waals surface area contributed by atoms with Gasteiger partial charge in [-0.1, -0.05) is 12.2 Å². The fourth-order valence-corrected chi connectivity index (χ4v) is 1.49. The summed E-state index contributed by atoms with van der Waals surface area (Å²) in [6, 6.07) is 0. The minimum absolute atomic E-state index is 0.0629. The molecular formula is C10H14O3. The van der Waals surface area contributed by atoms with Crippen LogP contribution in [0.4, 0.5) is 0 Å². The number of esters is 1. The number of rotatable bonds is 3. The molecule has 3 nitrogen and oxygen atoms in total. The highest BCUT2D eigenvalue weighted by Gasteiger charge is 2.37. The van der Waals surface area contributed by atoms with E-state index in [2.05, 4.69) is 17.9 Å². The second-order valence-corrected chi connectivity index (χ2v) is 2.98. The van der Waals surface area contributed by atoms with E-state index in [0.29, 0.717) is 6.42 Å². The first-order valence-corrected chi connectivity index (χ1v) is 4.21. The summed E-state index contributed by atoms with van der Waals surface area (Å²) >= 11 is 0. The van der Waals surface area contributed by atoms with Crippen LogP contribution in [0.2, 0.25) is 0 Å². The molecule has 0 aliphatic carbocycles. The molecule has 1 fully saturated rings. The number of carbonyl (C=O) groups is 1. The quantitative estimate of drug-likeness (QED) is 0.487. The number of methoxy groups -OCH3 is 1. The molecule has 0 aromatic carbocycles. The zero-order chi connectivity index (χ0) is 9.84. The maximum absolute atomic E-state index is 11.3. The SMILES string of the molecule is C=CC1CC(C(=O)OC)C(C=C)O1. The van der Waals surface area contributed by atoms with Crippen molar-refractivity contribution in [3.63, 3.8) is 0 Å². The molecule has 72 valence electrons. The minimum atomic E-state index is -0.241. The van der Waals surface area contributed by atoms with E-state index >= 15 is 0 Å². The summed E-state index contributed by atoms with van der Waals surface area (Å²) in [5, 5.41) is 0. The first kappa shape index (κ1) is 9.99. The van der Waals surface area contributed by atoms with Gasteiger partial charge in [0.15, 0.2) is 0 Å². The molecule has 3 unspecified atom stereocenters. The monoisotopic (exact) mass is 182 g/mol. The Morgan fingerprint density at radius 3 is 2.69 bits per heavy atom. The third-order valence-electron chi connectivity index (χ3n) is 2.21. The predicted octanol–water partition coefficient (Wildman–Crippen LogP) is 1.31. The van der Waals surface area contributed by atoms with Crippen LogP contribution < -0.4 is 0 Å². The highest BCUT2D eigenvalue weighted by Crippen LogP contribution is 2.28. The molecule has 0 spiro atoms. The normalized spacial score (nSPS) is 32.5. The van der Waals surface area contributed by atoms with Crippen molar-refractivity contribution in [3.8, 4) is 0 Å². The fraction of sp³-hybridized carbons (Fsp3) is 0.500. The molecule has 13 heavy (non-hydrogen) atoms. The first-order valence-electron chi connectivity index (χ1n) is 4.21. The summed E-state index contributed by atoms with van der Waals surface area (Å²) in [6.07, 6.45) is 3.65. The van der Waals surface area contributed by atoms with Crippen molar-refractivity contribution in [2.75, 3.05) is 7.11 Å². The molecule has 1 heterocycles. The Morgan fingerprint density at radius 2 is 2.23 bits per heavy atom. The van der Waals surface area contributed by atoms with E-state index in [9.17, 15) is 4.79 Å². The predicted molar refractivity (Wildman–Crippen MR) is 49.2 cm³/mol. The van der Waals surface area contributed by atoms with Gasteiger partial charge < -0.3 is 9.47 Å². The maximum Gasteiger partial charge on any atom is 0.311 e. The zero-order valence-electron chi connectivity index (χ0n) is 7.73. The molecule has 0 radical (unpaired) electrons. The largest absolute Gasteiger partial charge is 0.469 e. The summed E-state index contributed by atoms with van der Waals surface area (Å²) in [5.41, 5.74) is 0. The molecule has 1 saturated heterocycles. The standard InChI is InChI=1S/C10H14O3/c1-4-7-6-8(10(11)12-3)9(5-2)13-7/h4-5,7-9H,1-2,6H2,3H3. The third-order valence-corrected chi connectivity index (χ3v) is 2.21. The number of ether oxygens (including phenoxy) is 2. The molecule has 3 atom stereocenters. The van der Waals surface area contributed by atoms with Gasteiger partial charge in [0.25, 0.3) is 0 Å². The van der Waals surface area contributed by atoms with E-state index in [-0.39, 0.29) is 24.1 Å². The summed E-state index contributed by atoms with van der Waals surface area (Å²) in [6.45, 7) is 7.23. The Kier molecular flexibility index (Phi) is 3.25. The lowest BCUT2D eigenvalue weighted by molar-refractivity contribution is -0.146. The van der Waals surface area contributed by atoms with Crippen LogP contribution in [0.25, 0.3) is 0 Å². The second kappa shape index (κ2) is 4.23. The van der Waals surface area contributed by atoms with E-state index in [1.54, 1.807) is 12.2 Å². The van der Waals surface area contributed by atoms with Crippen molar-refractivity contribution in [2.24, 2.45) is 5.92 Å². The van der Waals surface area contributed by atoms with Gasteiger partial charge in [-0.25, -0.2) is 0 Å². The molecule has 0 bridgehead atoms. The van der Waals surface area contributed by atoms with Crippen LogP contribution >= 0.6 is 0 Å². The Morgan fingerprint density at radius 1 is 1.54 bits per heavy atom. The Labute approximate surface area is 78.0 Å². The van der Waals surface area contributed by atoms with E-state index in [0.717, 1.165) is 0 Å². The van der Waals surface area contributed by atoms with Crippen LogP contribution in [0.5, 0.6) is 0 Å². The van der Waals surface area contributed by atoms with E-state index in [1.165, 1.54) is 7.11 Å².